The lowest BCUT2D eigenvalue weighted by Gasteiger charge is -2.20. The summed E-state index contributed by atoms with van der Waals surface area (Å²) in [6, 6.07) is 0. The van der Waals surface area contributed by atoms with Crippen molar-refractivity contribution in [2.75, 3.05) is 18.0 Å². The highest BCUT2D eigenvalue weighted by atomic mass is 16.3. The fourth-order valence-electron chi connectivity index (χ4n) is 2.23. The summed E-state index contributed by atoms with van der Waals surface area (Å²) in [6.45, 7) is 3.62. The number of aromatic nitrogens is 2. The van der Waals surface area contributed by atoms with Crippen LogP contribution in [0, 0.1) is 0 Å². The Morgan fingerprint density at radius 2 is 1.94 bits per heavy atom. The highest BCUT2D eigenvalue weighted by Gasteiger charge is 2.15. The van der Waals surface area contributed by atoms with Crippen molar-refractivity contribution < 1.29 is 5.11 Å². The molecule has 1 aromatic rings. The van der Waals surface area contributed by atoms with Gasteiger partial charge in [-0.3, -0.25) is 9.78 Å². The highest BCUT2D eigenvalue weighted by Crippen LogP contribution is 2.18. The SMILES string of the molecule is CCc1c(O)nc(N2CCCCCC2)[nH]c1=O. The van der Waals surface area contributed by atoms with Crippen molar-refractivity contribution in [2.24, 2.45) is 0 Å². The number of aromatic amines is 1. The van der Waals surface area contributed by atoms with E-state index >= 15 is 0 Å². The molecule has 1 fully saturated rings. The van der Waals surface area contributed by atoms with Gasteiger partial charge in [0, 0.05) is 13.1 Å². The molecule has 0 radical (unpaired) electrons. The van der Waals surface area contributed by atoms with E-state index in [0.29, 0.717) is 17.9 Å². The largest absolute Gasteiger partial charge is 0.493 e. The number of hydrogen-bond acceptors (Lipinski definition) is 4. The number of anilines is 1. The lowest BCUT2D eigenvalue weighted by atomic mass is 10.2. The Kier molecular flexibility index (Phi) is 3.66. The summed E-state index contributed by atoms with van der Waals surface area (Å²) in [6.07, 6.45) is 5.16. The van der Waals surface area contributed by atoms with E-state index in [9.17, 15) is 9.90 Å². The number of nitrogens with one attached hydrogen (secondary N) is 1. The molecule has 17 heavy (non-hydrogen) atoms. The first kappa shape index (κ1) is 12.0. The number of rotatable bonds is 2. The maximum absolute atomic E-state index is 11.7. The second-order valence-corrected chi connectivity index (χ2v) is 4.45. The van der Waals surface area contributed by atoms with Gasteiger partial charge in [-0.1, -0.05) is 19.8 Å². The van der Waals surface area contributed by atoms with E-state index in [1.807, 2.05) is 11.8 Å². The third kappa shape index (κ3) is 2.60. The van der Waals surface area contributed by atoms with Crippen LogP contribution in [0.3, 0.4) is 0 Å². The summed E-state index contributed by atoms with van der Waals surface area (Å²) in [5.41, 5.74) is 0.141. The van der Waals surface area contributed by atoms with E-state index < -0.39 is 0 Å². The lowest BCUT2D eigenvalue weighted by molar-refractivity contribution is 0.443. The molecule has 94 valence electrons. The van der Waals surface area contributed by atoms with Crippen molar-refractivity contribution in [3.05, 3.63) is 15.9 Å². The van der Waals surface area contributed by atoms with E-state index in [4.69, 9.17) is 0 Å². The topological polar surface area (TPSA) is 69.2 Å². The van der Waals surface area contributed by atoms with Gasteiger partial charge in [-0.25, -0.2) is 0 Å². The third-order valence-electron chi connectivity index (χ3n) is 3.24. The van der Waals surface area contributed by atoms with Crippen LogP contribution in [-0.2, 0) is 6.42 Å². The summed E-state index contributed by atoms with van der Waals surface area (Å²) >= 11 is 0. The molecular weight excluding hydrogens is 218 g/mol. The third-order valence-corrected chi connectivity index (χ3v) is 3.24. The smallest absolute Gasteiger partial charge is 0.259 e. The molecule has 0 aromatic carbocycles. The molecule has 0 bridgehead atoms. The average Bonchev–Trinajstić information content (AvgIpc) is 2.57. The Hall–Kier alpha value is -1.52. The normalized spacial score (nSPS) is 16.9. The van der Waals surface area contributed by atoms with Gasteiger partial charge in [0.05, 0.1) is 5.56 Å². The van der Waals surface area contributed by atoms with E-state index in [-0.39, 0.29) is 11.4 Å². The van der Waals surface area contributed by atoms with Crippen LogP contribution in [0.1, 0.15) is 38.2 Å². The number of hydrogen-bond donors (Lipinski definition) is 2. The molecule has 1 aromatic heterocycles. The van der Waals surface area contributed by atoms with Gasteiger partial charge in [-0.05, 0) is 19.3 Å². The Bertz CT molecular complexity index is 434. The van der Waals surface area contributed by atoms with Gasteiger partial charge in [0.15, 0.2) is 0 Å². The second kappa shape index (κ2) is 5.21. The zero-order chi connectivity index (χ0) is 12.3. The first-order valence-corrected chi connectivity index (χ1v) is 6.29. The molecular formula is C12H19N3O2. The van der Waals surface area contributed by atoms with Crippen LogP contribution >= 0.6 is 0 Å². The standard InChI is InChI=1S/C12H19N3O2/c1-2-9-10(16)13-12(14-11(9)17)15-7-5-3-4-6-8-15/h2-8H2,1H3,(H2,13,14,16,17). The second-order valence-electron chi connectivity index (χ2n) is 4.45. The summed E-state index contributed by atoms with van der Waals surface area (Å²) in [4.78, 5) is 20.6. The Balaban J connectivity index is 2.29. The molecule has 2 rings (SSSR count). The van der Waals surface area contributed by atoms with Crippen LogP contribution < -0.4 is 10.5 Å². The molecule has 2 N–H and O–H groups in total. The Morgan fingerprint density at radius 3 is 2.47 bits per heavy atom. The predicted molar refractivity (Wildman–Crippen MR) is 66.6 cm³/mol. The Labute approximate surface area is 100 Å². The lowest BCUT2D eigenvalue weighted by Crippen LogP contribution is -2.29. The first-order chi connectivity index (χ1) is 8.22. The molecule has 2 heterocycles. The van der Waals surface area contributed by atoms with Gasteiger partial charge in [0.2, 0.25) is 11.8 Å². The maximum atomic E-state index is 11.7. The van der Waals surface area contributed by atoms with Crippen LogP contribution in [0.5, 0.6) is 5.88 Å². The zero-order valence-corrected chi connectivity index (χ0v) is 10.2. The minimum atomic E-state index is -0.223. The van der Waals surface area contributed by atoms with Gasteiger partial charge in [0.25, 0.3) is 5.56 Å². The molecule has 1 saturated heterocycles. The summed E-state index contributed by atoms with van der Waals surface area (Å²) in [5, 5.41) is 9.72. The van der Waals surface area contributed by atoms with Gasteiger partial charge >= 0.3 is 0 Å². The van der Waals surface area contributed by atoms with E-state index in [0.717, 1.165) is 25.9 Å². The van der Waals surface area contributed by atoms with Gasteiger partial charge < -0.3 is 10.0 Å². The van der Waals surface area contributed by atoms with Crippen molar-refractivity contribution in [2.45, 2.75) is 39.0 Å². The van der Waals surface area contributed by atoms with Gasteiger partial charge in [0.1, 0.15) is 0 Å². The summed E-state index contributed by atoms with van der Waals surface area (Å²) in [5.74, 6) is 0.377. The molecule has 0 saturated carbocycles. The van der Waals surface area contributed by atoms with Crippen molar-refractivity contribution in [3.63, 3.8) is 0 Å². The maximum Gasteiger partial charge on any atom is 0.259 e. The fraction of sp³-hybridized carbons (Fsp3) is 0.667. The van der Waals surface area contributed by atoms with Gasteiger partial charge in [-0.2, -0.15) is 4.98 Å². The molecule has 0 aliphatic carbocycles. The fourth-order valence-corrected chi connectivity index (χ4v) is 2.23. The van der Waals surface area contributed by atoms with Crippen LogP contribution in [0.4, 0.5) is 5.95 Å². The monoisotopic (exact) mass is 237 g/mol. The zero-order valence-electron chi connectivity index (χ0n) is 10.2. The quantitative estimate of drug-likeness (QED) is 0.816. The molecule has 1 aliphatic heterocycles. The predicted octanol–water partition coefficient (Wildman–Crippen LogP) is 1.42. The molecule has 0 spiro atoms. The van der Waals surface area contributed by atoms with Crippen LogP contribution in [0.25, 0.3) is 0 Å². The number of nitrogens with zero attached hydrogens (tertiary/aromatic N) is 2. The van der Waals surface area contributed by atoms with Crippen molar-refractivity contribution in [1.82, 2.24) is 9.97 Å². The minimum absolute atomic E-state index is 0.129. The molecule has 0 atom stereocenters. The molecule has 1 aliphatic rings. The molecule has 5 heteroatoms. The van der Waals surface area contributed by atoms with E-state index in [1.165, 1.54) is 12.8 Å². The number of H-pyrrole nitrogens is 1. The molecule has 0 unspecified atom stereocenters. The van der Waals surface area contributed by atoms with Crippen molar-refractivity contribution >= 4 is 5.95 Å². The van der Waals surface area contributed by atoms with E-state index in [1.54, 1.807) is 0 Å². The first-order valence-electron chi connectivity index (χ1n) is 6.29. The van der Waals surface area contributed by atoms with E-state index in [2.05, 4.69) is 9.97 Å². The van der Waals surface area contributed by atoms with Crippen molar-refractivity contribution in [1.29, 1.82) is 0 Å². The van der Waals surface area contributed by atoms with Crippen LogP contribution in [0.2, 0.25) is 0 Å². The summed E-state index contributed by atoms with van der Waals surface area (Å²) < 4.78 is 0. The molecule has 0 amide bonds. The highest BCUT2D eigenvalue weighted by molar-refractivity contribution is 5.35. The van der Waals surface area contributed by atoms with Crippen LogP contribution in [0.15, 0.2) is 4.79 Å². The number of aromatic hydroxyl groups is 1. The minimum Gasteiger partial charge on any atom is -0.493 e. The van der Waals surface area contributed by atoms with Crippen LogP contribution in [-0.4, -0.2) is 28.2 Å². The van der Waals surface area contributed by atoms with Crippen molar-refractivity contribution in [3.8, 4) is 5.88 Å². The van der Waals surface area contributed by atoms with Gasteiger partial charge in [-0.15, -0.1) is 0 Å². The summed E-state index contributed by atoms with van der Waals surface area (Å²) in [7, 11) is 0. The Morgan fingerprint density at radius 1 is 1.29 bits per heavy atom. The molecule has 5 nitrogen and oxygen atoms in total. The average molecular weight is 237 g/mol.